The fourth-order valence-corrected chi connectivity index (χ4v) is 1.88. The number of aromatic nitrogens is 2. The lowest BCUT2D eigenvalue weighted by Crippen LogP contribution is -2.01. The fourth-order valence-electron chi connectivity index (χ4n) is 1.88. The van der Waals surface area contributed by atoms with Gasteiger partial charge in [0.05, 0.1) is 12.0 Å². The average Bonchev–Trinajstić information content (AvgIpc) is 2.71. The Morgan fingerprint density at radius 2 is 1.94 bits per heavy atom. The molecule has 0 spiro atoms. The Morgan fingerprint density at radius 3 is 2.50 bits per heavy atom. The molecule has 0 saturated heterocycles. The number of rotatable bonds is 3. The predicted molar refractivity (Wildman–Crippen MR) is 65.1 cm³/mol. The maximum atomic E-state index is 5.54. The topological polar surface area (TPSA) is 43.8 Å². The van der Waals surface area contributed by atoms with E-state index in [1.54, 1.807) is 0 Å². The highest BCUT2D eigenvalue weighted by Crippen LogP contribution is 2.14. The molecule has 0 aliphatic rings. The molecular formula is C13H17N3. The molecule has 0 radical (unpaired) electrons. The van der Waals surface area contributed by atoms with E-state index in [9.17, 15) is 0 Å². The summed E-state index contributed by atoms with van der Waals surface area (Å²) in [4.78, 5) is 4.23. The molecule has 0 aliphatic heterocycles. The van der Waals surface area contributed by atoms with Gasteiger partial charge in [0, 0.05) is 19.3 Å². The first kappa shape index (κ1) is 10.9. The maximum Gasteiger partial charge on any atom is 0.0953 e. The summed E-state index contributed by atoms with van der Waals surface area (Å²) in [6.07, 6.45) is 3.85. The second kappa shape index (κ2) is 4.49. The van der Waals surface area contributed by atoms with Crippen molar-refractivity contribution in [3.63, 3.8) is 0 Å². The smallest absolute Gasteiger partial charge is 0.0953 e. The molecule has 2 N–H and O–H groups in total. The summed E-state index contributed by atoms with van der Waals surface area (Å²) in [5.74, 6) is 0. The summed E-state index contributed by atoms with van der Waals surface area (Å²) >= 11 is 0. The molecule has 0 unspecified atom stereocenters. The van der Waals surface area contributed by atoms with Crippen LogP contribution in [0.2, 0.25) is 0 Å². The first-order valence-corrected chi connectivity index (χ1v) is 5.46. The van der Waals surface area contributed by atoms with Crippen LogP contribution in [0.15, 0.2) is 30.7 Å². The normalized spacial score (nSPS) is 10.7. The summed E-state index contributed by atoms with van der Waals surface area (Å²) in [5.41, 5.74) is 10.5. The Morgan fingerprint density at radius 1 is 1.25 bits per heavy atom. The first-order valence-electron chi connectivity index (χ1n) is 5.46. The van der Waals surface area contributed by atoms with Crippen molar-refractivity contribution in [3.05, 3.63) is 53.1 Å². The molecule has 0 amide bonds. The molecule has 1 aromatic carbocycles. The zero-order valence-electron chi connectivity index (χ0n) is 9.77. The number of hydrogen-bond acceptors (Lipinski definition) is 2. The molecule has 0 bridgehead atoms. The third-order valence-electron chi connectivity index (χ3n) is 2.88. The summed E-state index contributed by atoms with van der Waals surface area (Å²) in [5, 5.41) is 0. The van der Waals surface area contributed by atoms with Crippen LogP contribution in [-0.2, 0) is 13.1 Å². The summed E-state index contributed by atoms with van der Waals surface area (Å²) in [6, 6.07) is 6.37. The van der Waals surface area contributed by atoms with Crippen molar-refractivity contribution in [2.75, 3.05) is 0 Å². The lowest BCUT2D eigenvalue weighted by Gasteiger charge is -2.09. The number of hydrogen-bond donors (Lipinski definition) is 1. The van der Waals surface area contributed by atoms with Gasteiger partial charge in [-0.1, -0.05) is 18.2 Å². The molecule has 84 valence electrons. The van der Waals surface area contributed by atoms with Gasteiger partial charge >= 0.3 is 0 Å². The summed E-state index contributed by atoms with van der Waals surface area (Å²) in [7, 11) is 0. The number of nitrogens with zero attached hydrogens (tertiary/aromatic N) is 2. The number of nitrogens with two attached hydrogens (primary N) is 1. The van der Waals surface area contributed by atoms with Gasteiger partial charge < -0.3 is 10.3 Å². The van der Waals surface area contributed by atoms with Crippen molar-refractivity contribution in [1.82, 2.24) is 9.55 Å². The lowest BCUT2D eigenvalue weighted by atomic mass is 10.0. The lowest BCUT2D eigenvalue weighted by molar-refractivity contribution is 0.785. The van der Waals surface area contributed by atoms with Gasteiger partial charge in [-0.05, 0) is 30.5 Å². The minimum atomic E-state index is 0.500. The second-order valence-corrected chi connectivity index (χ2v) is 4.11. The zero-order chi connectivity index (χ0) is 11.5. The fraction of sp³-hybridized carbons (Fsp3) is 0.308. The maximum absolute atomic E-state index is 5.54. The third-order valence-corrected chi connectivity index (χ3v) is 2.88. The second-order valence-electron chi connectivity index (χ2n) is 4.11. The first-order chi connectivity index (χ1) is 7.70. The van der Waals surface area contributed by atoms with Crippen LogP contribution in [0.1, 0.15) is 22.4 Å². The van der Waals surface area contributed by atoms with Crippen molar-refractivity contribution >= 4 is 0 Å². The van der Waals surface area contributed by atoms with Crippen molar-refractivity contribution in [2.24, 2.45) is 5.73 Å². The van der Waals surface area contributed by atoms with Crippen LogP contribution in [0.4, 0.5) is 0 Å². The monoisotopic (exact) mass is 215 g/mol. The SMILES string of the molecule is Cc1cccc(C)c1Cn1cnc(CN)c1. The minimum absolute atomic E-state index is 0.500. The van der Waals surface area contributed by atoms with Crippen LogP contribution in [0, 0.1) is 13.8 Å². The van der Waals surface area contributed by atoms with Gasteiger partial charge in [-0.2, -0.15) is 0 Å². The molecule has 2 rings (SSSR count). The molecule has 16 heavy (non-hydrogen) atoms. The standard InChI is InChI=1S/C13H17N3/c1-10-4-3-5-11(2)13(10)8-16-7-12(6-14)15-9-16/h3-5,7,9H,6,8,14H2,1-2H3. The molecule has 2 aromatic rings. The van der Waals surface area contributed by atoms with Crippen LogP contribution in [0.25, 0.3) is 0 Å². The van der Waals surface area contributed by atoms with Crippen molar-refractivity contribution in [3.8, 4) is 0 Å². The highest BCUT2D eigenvalue weighted by atomic mass is 15.0. The molecular weight excluding hydrogens is 198 g/mol. The Labute approximate surface area is 95.9 Å². The van der Waals surface area contributed by atoms with E-state index in [1.165, 1.54) is 16.7 Å². The Hall–Kier alpha value is -1.61. The van der Waals surface area contributed by atoms with Gasteiger partial charge in [0.1, 0.15) is 0 Å². The van der Waals surface area contributed by atoms with Crippen LogP contribution in [-0.4, -0.2) is 9.55 Å². The molecule has 0 atom stereocenters. The van der Waals surface area contributed by atoms with E-state index in [2.05, 4.69) is 41.6 Å². The number of aryl methyl sites for hydroxylation is 2. The molecule has 3 heteroatoms. The Kier molecular flexibility index (Phi) is 3.06. The van der Waals surface area contributed by atoms with Crippen molar-refractivity contribution in [2.45, 2.75) is 26.9 Å². The minimum Gasteiger partial charge on any atom is -0.333 e. The van der Waals surface area contributed by atoms with Gasteiger partial charge in [0.15, 0.2) is 0 Å². The number of benzene rings is 1. The molecule has 0 saturated carbocycles. The molecule has 3 nitrogen and oxygen atoms in total. The van der Waals surface area contributed by atoms with Crippen LogP contribution in [0.5, 0.6) is 0 Å². The van der Waals surface area contributed by atoms with E-state index < -0.39 is 0 Å². The van der Waals surface area contributed by atoms with Gasteiger partial charge in [0.2, 0.25) is 0 Å². The Bertz CT molecular complexity index is 465. The van der Waals surface area contributed by atoms with Gasteiger partial charge in [0.25, 0.3) is 0 Å². The van der Waals surface area contributed by atoms with Crippen LogP contribution < -0.4 is 5.73 Å². The molecule has 0 fully saturated rings. The van der Waals surface area contributed by atoms with E-state index in [1.807, 2.05) is 12.5 Å². The zero-order valence-corrected chi connectivity index (χ0v) is 9.77. The van der Waals surface area contributed by atoms with E-state index in [0.717, 1.165) is 12.2 Å². The highest BCUT2D eigenvalue weighted by Gasteiger charge is 2.03. The Balaban J connectivity index is 2.26. The summed E-state index contributed by atoms with van der Waals surface area (Å²) < 4.78 is 2.08. The van der Waals surface area contributed by atoms with Gasteiger partial charge in [-0.25, -0.2) is 4.98 Å². The van der Waals surface area contributed by atoms with E-state index >= 15 is 0 Å². The quantitative estimate of drug-likeness (QED) is 0.851. The third kappa shape index (κ3) is 2.14. The van der Waals surface area contributed by atoms with Gasteiger partial charge in [-0.3, -0.25) is 0 Å². The highest BCUT2D eigenvalue weighted by molar-refractivity contribution is 5.33. The average molecular weight is 215 g/mol. The largest absolute Gasteiger partial charge is 0.333 e. The van der Waals surface area contributed by atoms with Crippen molar-refractivity contribution in [1.29, 1.82) is 0 Å². The molecule has 1 aromatic heterocycles. The van der Waals surface area contributed by atoms with Crippen LogP contribution in [0.3, 0.4) is 0 Å². The van der Waals surface area contributed by atoms with E-state index in [0.29, 0.717) is 6.54 Å². The van der Waals surface area contributed by atoms with Crippen LogP contribution >= 0.6 is 0 Å². The molecule has 1 heterocycles. The van der Waals surface area contributed by atoms with Crippen molar-refractivity contribution < 1.29 is 0 Å². The van der Waals surface area contributed by atoms with E-state index in [-0.39, 0.29) is 0 Å². The predicted octanol–water partition coefficient (Wildman–Crippen LogP) is 2.01. The summed E-state index contributed by atoms with van der Waals surface area (Å²) in [6.45, 7) is 5.65. The van der Waals surface area contributed by atoms with Gasteiger partial charge in [-0.15, -0.1) is 0 Å². The van der Waals surface area contributed by atoms with E-state index in [4.69, 9.17) is 5.73 Å². The number of imidazole rings is 1. The molecule has 0 aliphatic carbocycles.